The number of hydrogen-bond acceptors (Lipinski definition) is 3. The molecule has 8 heteroatoms. The van der Waals surface area contributed by atoms with E-state index in [0.717, 1.165) is 0 Å². The van der Waals surface area contributed by atoms with Crippen LogP contribution in [0.4, 0.5) is 0 Å². The Labute approximate surface area is 125 Å². The summed E-state index contributed by atoms with van der Waals surface area (Å²) < 4.78 is 24.5. The van der Waals surface area contributed by atoms with Crippen molar-refractivity contribution in [1.29, 1.82) is 0 Å². The molecule has 6 nitrogen and oxygen atoms in total. The number of sulfonamides is 1. The Bertz CT molecular complexity index is 402. The Morgan fingerprint density at radius 2 is 2.06 bits per heavy atom. The molecule has 1 saturated heterocycles. The number of nitrogens with zero attached hydrogens (tertiary/aromatic N) is 2. The molecule has 0 aromatic heterocycles. The first-order valence-corrected chi connectivity index (χ1v) is 7.66. The molecule has 106 valence electrons. The van der Waals surface area contributed by atoms with Crippen molar-refractivity contribution in [3.63, 3.8) is 0 Å². The third kappa shape index (κ3) is 4.23. The summed E-state index contributed by atoms with van der Waals surface area (Å²) in [6, 6.07) is 0.511. The highest BCUT2D eigenvalue weighted by Gasteiger charge is 2.34. The Morgan fingerprint density at radius 3 is 2.56 bits per heavy atom. The van der Waals surface area contributed by atoms with Crippen LogP contribution < -0.4 is 11.1 Å². The van der Waals surface area contributed by atoms with Crippen molar-refractivity contribution in [3.05, 3.63) is 0 Å². The molecular formula is C10H21IN4O2S. The van der Waals surface area contributed by atoms with Gasteiger partial charge in [-0.15, -0.1) is 24.0 Å². The molecule has 1 aliphatic heterocycles. The normalized spacial score (nSPS) is 22.2. The minimum Gasteiger partial charge on any atom is -0.370 e. The van der Waals surface area contributed by atoms with Crippen LogP contribution in [0.1, 0.15) is 19.8 Å². The molecule has 1 saturated carbocycles. The largest absolute Gasteiger partial charge is 0.370 e. The lowest BCUT2D eigenvalue weighted by Gasteiger charge is -2.37. The minimum atomic E-state index is -3.00. The summed E-state index contributed by atoms with van der Waals surface area (Å²) in [4.78, 5) is 4.23. The van der Waals surface area contributed by atoms with Gasteiger partial charge in [0.1, 0.15) is 0 Å². The quantitative estimate of drug-likeness (QED) is 0.393. The maximum Gasteiger partial charge on any atom is 0.213 e. The molecule has 18 heavy (non-hydrogen) atoms. The van der Waals surface area contributed by atoms with Gasteiger partial charge in [-0.3, -0.25) is 4.99 Å². The van der Waals surface area contributed by atoms with Gasteiger partial charge in [0.15, 0.2) is 5.96 Å². The Balaban J connectivity index is 0.00000162. The molecule has 0 amide bonds. The van der Waals surface area contributed by atoms with Gasteiger partial charge in [0.2, 0.25) is 10.0 Å². The zero-order valence-corrected chi connectivity index (χ0v) is 13.6. The first-order valence-electron chi connectivity index (χ1n) is 6.05. The lowest BCUT2D eigenvalue weighted by molar-refractivity contribution is 0.208. The van der Waals surface area contributed by atoms with Gasteiger partial charge in [0, 0.05) is 31.6 Å². The van der Waals surface area contributed by atoms with Crippen LogP contribution in [0.2, 0.25) is 0 Å². The van der Waals surface area contributed by atoms with Gasteiger partial charge in [-0.25, -0.2) is 12.7 Å². The van der Waals surface area contributed by atoms with Crippen molar-refractivity contribution in [1.82, 2.24) is 9.62 Å². The van der Waals surface area contributed by atoms with E-state index < -0.39 is 10.0 Å². The molecule has 0 atom stereocenters. The van der Waals surface area contributed by atoms with E-state index in [-0.39, 0.29) is 29.7 Å². The molecule has 3 N–H and O–H groups in total. The first-order chi connectivity index (χ1) is 8.01. The molecular weight excluding hydrogens is 367 g/mol. The third-order valence-electron chi connectivity index (χ3n) is 3.13. The summed E-state index contributed by atoms with van der Waals surface area (Å²) in [6.07, 6.45) is 2.34. The van der Waals surface area contributed by atoms with Gasteiger partial charge in [0.05, 0.1) is 5.75 Å². The van der Waals surface area contributed by atoms with Gasteiger partial charge in [0.25, 0.3) is 0 Å². The van der Waals surface area contributed by atoms with Crippen molar-refractivity contribution in [2.24, 2.45) is 16.6 Å². The van der Waals surface area contributed by atoms with Crippen LogP contribution in [-0.2, 0) is 10.0 Å². The summed E-state index contributed by atoms with van der Waals surface area (Å²) in [7, 11) is -3.00. The SMILES string of the molecule is CCS(=O)(=O)N1CC(CN=C(N)NC2CC2)C1.I. The minimum absolute atomic E-state index is 0. The molecule has 1 heterocycles. The van der Waals surface area contributed by atoms with Gasteiger partial charge in [-0.1, -0.05) is 0 Å². The van der Waals surface area contributed by atoms with Crippen molar-refractivity contribution in [3.8, 4) is 0 Å². The summed E-state index contributed by atoms with van der Waals surface area (Å²) in [5.74, 6) is 0.981. The first kappa shape index (κ1) is 16.0. The number of hydrogen-bond donors (Lipinski definition) is 2. The number of guanidine groups is 1. The van der Waals surface area contributed by atoms with Crippen LogP contribution in [0.15, 0.2) is 4.99 Å². The van der Waals surface area contributed by atoms with E-state index in [9.17, 15) is 8.42 Å². The predicted octanol–water partition coefficient (Wildman–Crippen LogP) is -0.0474. The molecule has 0 radical (unpaired) electrons. The highest BCUT2D eigenvalue weighted by atomic mass is 127. The molecule has 0 unspecified atom stereocenters. The number of halogens is 1. The fourth-order valence-corrected chi connectivity index (χ4v) is 3.00. The van der Waals surface area contributed by atoms with Crippen LogP contribution >= 0.6 is 24.0 Å². The van der Waals surface area contributed by atoms with Gasteiger partial charge >= 0.3 is 0 Å². The monoisotopic (exact) mass is 388 g/mol. The van der Waals surface area contributed by atoms with E-state index in [1.165, 1.54) is 17.1 Å². The van der Waals surface area contributed by atoms with Crippen molar-refractivity contribution >= 4 is 40.0 Å². The van der Waals surface area contributed by atoms with Gasteiger partial charge in [-0.2, -0.15) is 0 Å². The zero-order chi connectivity index (χ0) is 12.5. The highest BCUT2D eigenvalue weighted by molar-refractivity contribution is 14.0. The van der Waals surface area contributed by atoms with E-state index in [1.54, 1.807) is 6.92 Å². The number of aliphatic imine (C=N–C) groups is 1. The number of rotatable bonds is 5. The smallest absolute Gasteiger partial charge is 0.213 e. The Morgan fingerprint density at radius 1 is 1.44 bits per heavy atom. The topological polar surface area (TPSA) is 87.8 Å². The lowest BCUT2D eigenvalue weighted by atomic mass is 10.0. The van der Waals surface area contributed by atoms with Crippen LogP contribution in [0.25, 0.3) is 0 Å². The van der Waals surface area contributed by atoms with E-state index in [1.807, 2.05) is 0 Å². The Hall–Kier alpha value is -0.0900. The maximum absolute atomic E-state index is 11.5. The second kappa shape index (κ2) is 6.38. The molecule has 0 bridgehead atoms. The number of nitrogens with one attached hydrogen (secondary N) is 1. The van der Waals surface area contributed by atoms with Crippen LogP contribution in [0, 0.1) is 5.92 Å². The maximum atomic E-state index is 11.5. The predicted molar refractivity (Wildman–Crippen MR) is 82.6 cm³/mol. The summed E-state index contributed by atoms with van der Waals surface area (Å²) in [5, 5.41) is 3.11. The summed E-state index contributed by atoms with van der Waals surface area (Å²) >= 11 is 0. The average Bonchev–Trinajstić information content (AvgIpc) is 2.99. The van der Waals surface area contributed by atoms with Gasteiger partial charge < -0.3 is 11.1 Å². The molecule has 0 aromatic carbocycles. The second-order valence-corrected chi connectivity index (χ2v) is 6.99. The molecule has 0 aromatic rings. The molecule has 2 fully saturated rings. The molecule has 0 spiro atoms. The van der Waals surface area contributed by atoms with E-state index in [4.69, 9.17) is 5.73 Å². The third-order valence-corrected chi connectivity index (χ3v) is 4.95. The van der Waals surface area contributed by atoms with Crippen LogP contribution in [0.3, 0.4) is 0 Å². The van der Waals surface area contributed by atoms with E-state index in [2.05, 4.69) is 10.3 Å². The average molecular weight is 388 g/mol. The van der Waals surface area contributed by atoms with Crippen LogP contribution in [-0.4, -0.2) is 50.1 Å². The van der Waals surface area contributed by atoms with Crippen molar-refractivity contribution < 1.29 is 8.42 Å². The molecule has 2 aliphatic rings. The van der Waals surface area contributed by atoms with E-state index in [0.29, 0.717) is 37.6 Å². The standard InChI is InChI=1S/C10H20N4O2S.HI/c1-2-17(15,16)14-6-8(7-14)5-12-10(11)13-9-3-4-9;/h8-9H,2-7H2,1H3,(H3,11,12,13);1H. The van der Waals surface area contributed by atoms with Crippen LogP contribution in [0.5, 0.6) is 0 Å². The van der Waals surface area contributed by atoms with Crippen molar-refractivity contribution in [2.45, 2.75) is 25.8 Å². The molecule has 2 rings (SSSR count). The fourth-order valence-electron chi connectivity index (χ4n) is 1.76. The lowest BCUT2D eigenvalue weighted by Crippen LogP contribution is -2.51. The second-order valence-electron chi connectivity index (χ2n) is 4.73. The highest BCUT2D eigenvalue weighted by Crippen LogP contribution is 2.20. The summed E-state index contributed by atoms with van der Waals surface area (Å²) in [6.45, 7) is 3.44. The Kier molecular flexibility index (Phi) is 5.66. The zero-order valence-electron chi connectivity index (χ0n) is 10.5. The van der Waals surface area contributed by atoms with Crippen molar-refractivity contribution in [2.75, 3.05) is 25.4 Å². The van der Waals surface area contributed by atoms with Gasteiger partial charge in [-0.05, 0) is 19.8 Å². The van der Waals surface area contributed by atoms with E-state index >= 15 is 0 Å². The molecule has 1 aliphatic carbocycles. The fraction of sp³-hybridized carbons (Fsp3) is 0.900. The number of nitrogens with two attached hydrogens (primary N) is 1. The summed E-state index contributed by atoms with van der Waals surface area (Å²) in [5.41, 5.74) is 5.70.